The number of terminal acetylenes is 1. The lowest BCUT2D eigenvalue weighted by atomic mass is 10.0. The molecule has 1 heterocycles. The lowest BCUT2D eigenvalue weighted by Gasteiger charge is -2.10. The second-order valence-electron chi connectivity index (χ2n) is 6.89. The molecular weight excluding hydrogens is 372 g/mol. The van der Waals surface area contributed by atoms with E-state index in [0.717, 1.165) is 33.4 Å². The summed E-state index contributed by atoms with van der Waals surface area (Å²) in [6.45, 7) is 2.59. The molecule has 0 aliphatic rings. The molecule has 0 fully saturated rings. The van der Waals surface area contributed by atoms with Crippen LogP contribution in [-0.2, 0) is 12.3 Å². The van der Waals surface area contributed by atoms with Gasteiger partial charge in [-0.1, -0.05) is 108 Å². The summed E-state index contributed by atoms with van der Waals surface area (Å²) >= 11 is 1.73. The molecule has 3 aromatic carbocycles. The Morgan fingerprint density at radius 2 is 1.48 bits per heavy atom. The fourth-order valence-electron chi connectivity index (χ4n) is 3.30. The topological polar surface area (TPSA) is 17.8 Å². The molecule has 1 aromatic heterocycles. The lowest BCUT2D eigenvalue weighted by Crippen LogP contribution is -2.01. The quantitative estimate of drug-likeness (QED) is 0.276. The van der Waals surface area contributed by atoms with Gasteiger partial charge in [-0.25, -0.2) is 4.98 Å². The molecular formula is C26H22N2S. The van der Waals surface area contributed by atoms with Crippen LogP contribution in [0.1, 0.15) is 11.1 Å². The minimum atomic E-state index is 0.486. The molecule has 0 atom stereocenters. The zero-order valence-corrected chi connectivity index (χ0v) is 17.2. The molecule has 0 unspecified atom stereocenters. The smallest absolute Gasteiger partial charge is 0.170 e. The van der Waals surface area contributed by atoms with Crippen molar-refractivity contribution < 1.29 is 0 Å². The van der Waals surface area contributed by atoms with Crippen LogP contribution in [0, 0.1) is 19.3 Å². The third-order valence-corrected chi connectivity index (χ3v) is 5.81. The van der Waals surface area contributed by atoms with Crippen molar-refractivity contribution in [2.45, 2.75) is 24.4 Å². The maximum absolute atomic E-state index is 5.74. The largest absolute Gasteiger partial charge is 0.307 e. The summed E-state index contributed by atoms with van der Waals surface area (Å²) in [6, 6.07) is 29.3. The summed E-state index contributed by atoms with van der Waals surface area (Å²) in [5.74, 6) is 3.67. The van der Waals surface area contributed by atoms with E-state index < -0.39 is 0 Å². The first kappa shape index (κ1) is 19.1. The molecule has 0 aliphatic heterocycles. The second-order valence-corrected chi connectivity index (χ2v) is 7.83. The van der Waals surface area contributed by atoms with Gasteiger partial charge in [0.2, 0.25) is 0 Å². The van der Waals surface area contributed by atoms with Gasteiger partial charge in [-0.05, 0) is 12.5 Å². The summed E-state index contributed by atoms with van der Waals surface area (Å²) < 4.78 is 2.16. The van der Waals surface area contributed by atoms with E-state index in [1.165, 1.54) is 11.1 Å². The van der Waals surface area contributed by atoms with Gasteiger partial charge in [-0.2, -0.15) is 0 Å². The molecule has 29 heavy (non-hydrogen) atoms. The van der Waals surface area contributed by atoms with Crippen molar-refractivity contribution in [1.29, 1.82) is 0 Å². The van der Waals surface area contributed by atoms with Gasteiger partial charge in [-0.3, -0.25) is 0 Å². The van der Waals surface area contributed by atoms with E-state index in [4.69, 9.17) is 11.4 Å². The number of hydrogen-bond donors (Lipinski definition) is 0. The first-order chi connectivity index (χ1) is 14.3. The molecule has 2 nitrogen and oxygen atoms in total. The number of aryl methyl sites for hydroxylation is 1. The molecule has 3 heteroatoms. The van der Waals surface area contributed by atoms with E-state index in [0.29, 0.717) is 6.54 Å². The van der Waals surface area contributed by atoms with Gasteiger partial charge in [0, 0.05) is 16.9 Å². The molecule has 0 amide bonds. The van der Waals surface area contributed by atoms with Crippen LogP contribution >= 0.6 is 11.8 Å². The van der Waals surface area contributed by atoms with Crippen molar-refractivity contribution in [3.05, 3.63) is 96.1 Å². The van der Waals surface area contributed by atoms with Crippen molar-refractivity contribution in [1.82, 2.24) is 9.55 Å². The maximum Gasteiger partial charge on any atom is 0.170 e. The predicted molar refractivity (Wildman–Crippen MR) is 123 cm³/mol. The molecule has 0 bridgehead atoms. The summed E-state index contributed by atoms with van der Waals surface area (Å²) in [5.41, 5.74) is 6.80. The van der Waals surface area contributed by atoms with Gasteiger partial charge in [0.1, 0.15) is 0 Å². The number of hydrogen-bond acceptors (Lipinski definition) is 2. The Hall–Kier alpha value is -3.22. The SMILES string of the molecule is C#CCn1c(SCc2ccc(C)cc2)nc(-c2ccccc2)c1-c1ccccc1. The Labute approximate surface area is 176 Å². The molecule has 0 saturated heterocycles. The van der Waals surface area contributed by atoms with Gasteiger partial charge in [0.05, 0.1) is 17.9 Å². The standard InChI is InChI=1S/C26H22N2S/c1-3-18-28-25(23-12-8-5-9-13-23)24(22-10-6-4-7-11-22)27-26(28)29-19-21-16-14-20(2)15-17-21/h1,4-17H,18-19H2,2H3. The van der Waals surface area contributed by atoms with Crippen LogP contribution in [0.15, 0.2) is 90.1 Å². The fourth-order valence-corrected chi connectivity index (χ4v) is 4.25. The molecule has 0 aliphatic carbocycles. The highest BCUT2D eigenvalue weighted by molar-refractivity contribution is 7.98. The van der Waals surface area contributed by atoms with Crippen LogP contribution in [0.5, 0.6) is 0 Å². The number of nitrogens with zero attached hydrogens (tertiary/aromatic N) is 2. The van der Waals surface area contributed by atoms with Crippen molar-refractivity contribution in [2.24, 2.45) is 0 Å². The fraction of sp³-hybridized carbons (Fsp3) is 0.115. The highest BCUT2D eigenvalue weighted by atomic mass is 32.2. The molecule has 0 radical (unpaired) electrons. The van der Waals surface area contributed by atoms with Crippen LogP contribution in [0.2, 0.25) is 0 Å². The van der Waals surface area contributed by atoms with E-state index in [1.54, 1.807) is 11.8 Å². The van der Waals surface area contributed by atoms with Gasteiger partial charge in [0.25, 0.3) is 0 Å². The summed E-state index contributed by atoms with van der Waals surface area (Å²) in [4.78, 5) is 5.04. The molecule has 0 spiro atoms. The van der Waals surface area contributed by atoms with Gasteiger partial charge >= 0.3 is 0 Å². The van der Waals surface area contributed by atoms with Crippen molar-refractivity contribution in [3.63, 3.8) is 0 Å². The van der Waals surface area contributed by atoms with Crippen molar-refractivity contribution >= 4 is 11.8 Å². The first-order valence-corrected chi connectivity index (χ1v) is 10.6. The Morgan fingerprint density at radius 3 is 2.10 bits per heavy atom. The Balaban J connectivity index is 1.79. The highest BCUT2D eigenvalue weighted by Gasteiger charge is 2.19. The first-order valence-electron chi connectivity index (χ1n) is 9.59. The zero-order chi connectivity index (χ0) is 20.1. The van der Waals surface area contributed by atoms with E-state index in [9.17, 15) is 0 Å². The average molecular weight is 395 g/mol. The minimum absolute atomic E-state index is 0.486. The number of thioether (sulfide) groups is 1. The van der Waals surface area contributed by atoms with Crippen LogP contribution in [0.3, 0.4) is 0 Å². The normalized spacial score (nSPS) is 10.6. The average Bonchev–Trinajstić information content (AvgIpc) is 3.13. The number of rotatable bonds is 6. The Morgan fingerprint density at radius 1 is 0.862 bits per heavy atom. The Bertz CT molecular complexity index is 1120. The molecule has 0 N–H and O–H groups in total. The number of imidazole rings is 1. The predicted octanol–water partition coefficient (Wildman–Crippen LogP) is 6.45. The van der Waals surface area contributed by atoms with E-state index in [1.807, 2.05) is 24.3 Å². The van der Waals surface area contributed by atoms with Crippen LogP contribution in [0.25, 0.3) is 22.5 Å². The van der Waals surface area contributed by atoms with E-state index in [-0.39, 0.29) is 0 Å². The summed E-state index contributed by atoms with van der Waals surface area (Å²) in [5, 5.41) is 0.946. The Kier molecular flexibility index (Phi) is 5.84. The van der Waals surface area contributed by atoms with Crippen LogP contribution in [0.4, 0.5) is 0 Å². The van der Waals surface area contributed by atoms with Gasteiger partial charge in [0.15, 0.2) is 5.16 Å². The van der Waals surface area contributed by atoms with Crippen molar-refractivity contribution in [3.8, 4) is 34.9 Å². The van der Waals surface area contributed by atoms with Crippen LogP contribution in [-0.4, -0.2) is 9.55 Å². The maximum atomic E-state index is 5.74. The molecule has 4 rings (SSSR count). The summed E-state index contributed by atoms with van der Waals surface area (Å²) in [7, 11) is 0. The van der Waals surface area contributed by atoms with E-state index in [2.05, 4.69) is 78.1 Å². The number of benzene rings is 3. The van der Waals surface area contributed by atoms with Gasteiger partial charge < -0.3 is 4.57 Å². The zero-order valence-electron chi connectivity index (χ0n) is 16.4. The third-order valence-electron chi connectivity index (χ3n) is 4.76. The minimum Gasteiger partial charge on any atom is -0.307 e. The molecule has 142 valence electrons. The van der Waals surface area contributed by atoms with Gasteiger partial charge in [-0.15, -0.1) is 6.42 Å². The third kappa shape index (κ3) is 4.29. The van der Waals surface area contributed by atoms with Crippen molar-refractivity contribution in [2.75, 3.05) is 0 Å². The van der Waals surface area contributed by atoms with Crippen LogP contribution < -0.4 is 0 Å². The second kappa shape index (κ2) is 8.86. The summed E-state index contributed by atoms with van der Waals surface area (Å²) in [6.07, 6.45) is 5.74. The highest BCUT2D eigenvalue weighted by Crippen LogP contribution is 2.36. The lowest BCUT2D eigenvalue weighted by molar-refractivity contribution is 0.745. The molecule has 4 aromatic rings. The molecule has 0 saturated carbocycles. The van der Waals surface area contributed by atoms with E-state index >= 15 is 0 Å². The monoisotopic (exact) mass is 394 g/mol. The number of aromatic nitrogens is 2.